The molecule has 0 aliphatic carbocycles. The summed E-state index contributed by atoms with van der Waals surface area (Å²) < 4.78 is 1.96. The SMILES string of the molecule is CC(Nc1nccc(-n2cnc3ccccc32)n1)c1csc(-c2ccccc2)n1.[HH]. The van der Waals surface area contributed by atoms with Crippen LogP contribution in [0.25, 0.3) is 27.4 Å². The highest BCUT2D eigenvalue weighted by molar-refractivity contribution is 7.13. The van der Waals surface area contributed by atoms with Crippen molar-refractivity contribution in [2.45, 2.75) is 13.0 Å². The Balaban J connectivity index is 0.00000218. The van der Waals surface area contributed by atoms with Gasteiger partial charge in [0.1, 0.15) is 17.2 Å². The molecule has 0 saturated heterocycles. The number of aromatic nitrogens is 5. The molecule has 0 spiro atoms. The summed E-state index contributed by atoms with van der Waals surface area (Å²) in [5.41, 5.74) is 4.04. The number of fused-ring (bicyclic) bond motifs is 1. The Morgan fingerprint density at radius 3 is 2.69 bits per heavy atom. The Morgan fingerprint density at radius 1 is 0.966 bits per heavy atom. The van der Waals surface area contributed by atoms with Gasteiger partial charge < -0.3 is 5.32 Å². The summed E-state index contributed by atoms with van der Waals surface area (Å²) in [6.45, 7) is 2.06. The fourth-order valence-electron chi connectivity index (χ4n) is 3.16. The highest BCUT2D eigenvalue weighted by Gasteiger charge is 2.13. The molecule has 29 heavy (non-hydrogen) atoms. The maximum Gasteiger partial charge on any atom is 0.225 e. The predicted molar refractivity (Wildman–Crippen MR) is 118 cm³/mol. The zero-order chi connectivity index (χ0) is 19.6. The number of nitrogens with zero attached hydrogens (tertiary/aromatic N) is 5. The van der Waals surface area contributed by atoms with Crippen molar-refractivity contribution in [1.29, 1.82) is 0 Å². The van der Waals surface area contributed by atoms with Crippen LogP contribution < -0.4 is 5.32 Å². The van der Waals surface area contributed by atoms with Crippen molar-refractivity contribution >= 4 is 28.3 Å². The van der Waals surface area contributed by atoms with Gasteiger partial charge in [-0.25, -0.2) is 15.0 Å². The minimum Gasteiger partial charge on any atom is -0.346 e. The summed E-state index contributed by atoms with van der Waals surface area (Å²) in [5, 5.41) is 6.45. The van der Waals surface area contributed by atoms with Crippen LogP contribution in [0.1, 0.15) is 20.1 Å². The smallest absolute Gasteiger partial charge is 0.225 e. The third kappa shape index (κ3) is 3.48. The molecule has 1 N–H and O–H groups in total. The number of rotatable bonds is 5. The second-order valence-electron chi connectivity index (χ2n) is 6.65. The van der Waals surface area contributed by atoms with Crippen LogP contribution in [0.3, 0.4) is 0 Å². The lowest BCUT2D eigenvalue weighted by molar-refractivity contribution is 0.827. The van der Waals surface area contributed by atoms with Gasteiger partial charge in [0.2, 0.25) is 5.95 Å². The molecule has 1 atom stereocenters. The van der Waals surface area contributed by atoms with E-state index in [9.17, 15) is 0 Å². The number of benzene rings is 2. The van der Waals surface area contributed by atoms with E-state index in [1.165, 1.54) is 0 Å². The van der Waals surface area contributed by atoms with Gasteiger partial charge in [-0.1, -0.05) is 42.5 Å². The number of thiazole rings is 1. The van der Waals surface area contributed by atoms with Crippen LogP contribution in [0.4, 0.5) is 5.95 Å². The molecule has 3 heterocycles. The van der Waals surface area contributed by atoms with E-state index in [1.807, 2.05) is 53.1 Å². The molecule has 144 valence electrons. The number of imidazole rings is 1. The lowest BCUT2D eigenvalue weighted by atomic mass is 10.2. The fraction of sp³-hybridized carbons (Fsp3) is 0.0909. The van der Waals surface area contributed by atoms with Gasteiger partial charge >= 0.3 is 0 Å². The quantitative estimate of drug-likeness (QED) is 0.430. The monoisotopic (exact) mass is 400 g/mol. The summed E-state index contributed by atoms with van der Waals surface area (Å²) in [7, 11) is 0. The first-order valence-corrected chi connectivity index (χ1v) is 10.2. The maximum absolute atomic E-state index is 4.78. The fourth-order valence-corrected chi connectivity index (χ4v) is 4.08. The van der Waals surface area contributed by atoms with Gasteiger partial charge in [-0.3, -0.25) is 4.57 Å². The summed E-state index contributed by atoms with van der Waals surface area (Å²) in [4.78, 5) is 18.3. The molecule has 2 aromatic carbocycles. The van der Waals surface area contributed by atoms with Gasteiger partial charge in [0.15, 0.2) is 0 Å². The van der Waals surface area contributed by atoms with E-state index in [1.54, 1.807) is 23.9 Å². The normalized spacial score (nSPS) is 12.2. The standard InChI is InChI=1S/C22H18N6S.H2/c1-15(18-13-29-21(26-18)16-7-3-2-4-8-16)25-22-23-12-11-20(27-22)28-14-24-17-9-5-6-10-19(17)28;/h2-15H,1H3,(H,23,25,27);1H. The Hall–Kier alpha value is -3.58. The van der Waals surface area contributed by atoms with E-state index in [4.69, 9.17) is 4.98 Å². The first kappa shape index (κ1) is 17.5. The van der Waals surface area contributed by atoms with Gasteiger partial charge in [0.25, 0.3) is 0 Å². The molecule has 0 aliphatic rings. The van der Waals surface area contributed by atoms with Gasteiger partial charge in [-0.05, 0) is 25.1 Å². The van der Waals surface area contributed by atoms with Gasteiger partial charge in [0, 0.05) is 18.6 Å². The Bertz CT molecular complexity index is 1270. The van der Waals surface area contributed by atoms with E-state index in [2.05, 4.69) is 44.7 Å². The van der Waals surface area contributed by atoms with Crippen LogP contribution in [0.2, 0.25) is 0 Å². The summed E-state index contributed by atoms with van der Waals surface area (Å²) in [5.74, 6) is 1.33. The first-order valence-electron chi connectivity index (χ1n) is 9.31. The molecule has 0 saturated carbocycles. The third-order valence-electron chi connectivity index (χ3n) is 4.67. The maximum atomic E-state index is 4.78. The van der Waals surface area contributed by atoms with Crippen molar-refractivity contribution in [2.75, 3.05) is 5.32 Å². The second-order valence-corrected chi connectivity index (χ2v) is 7.51. The van der Waals surface area contributed by atoms with Crippen molar-refractivity contribution in [3.8, 4) is 16.4 Å². The van der Waals surface area contributed by atoms with Gasteiger partial charge in [-0.15, -0.1) is 11.3 Å². The van der Waals surface area contributed by atoms with Crippen LogP contribution in [0, 0.1) is 0 Å². The van der Waals surface area contributed by atoms with E-state index in [-0.39, 0.29) is 7.47 Å². The van der Waals surface area contributed by atoms with E-state index in [0.717, 1.165) is 33.1 Å². The van der Waals surface area contributed by atoms with Crippen LogP contribution in [-0.2, 0) is 0 Å². The average molecular weight is 401 g/mol. The van der Waals surface area contributed by atoms with Crippen LogP contribution in [0.5, 0.6) is 0 Å². The van der Waals surface area contributed by atoms with E-state index >= 15 is 0 Å². The first-order chi connectivity index (χ1) is 14.3. The van der Waals surface area contributed by atoms with Crippen molar-refractivity contribution in [2.24, 2.45) is 0 Å². The highest BCUT2D eigenvalue weighted by atomic mass is 32.1. The van der Waals surface area contributed by atoms with Crippen molar-refractivity contribution in [3.63, 3.8) is 0 Å². The Kier molecular flexibility index (Phi) is 4.50. The molecule has 6 nitrogen and oxygen atoms in total. The molecule has 1 unspecified atom stereocenters. The third-order valence-corrected chi connectivity index (χ3v) is 5.58. The molecule has 7 heteroatoms. The minimum atomic E-state index is -0.0153. The van der Waals surface area contributed by atoms with Crippen molar-refractivity contribution in [3.05, 3.63) is 84.3 Å². The zero-order valence-corrected chi connectivity index (χ0v) is 16.5. The molecule has 0 radical (unpaired) electrons. The van der Waals surface area contributed by atoms with Crippen molar-refractivity contribution in [1.82, 2.24) is 24.5 Å². The number of anilines is 1. The summed E-state index contributed by atoms with van der Waals surface area (Å²) in [6.07, 6.45) is 3.54. The highest BCUT2D eigenvalue weighted by Crippen LogP contribution is 2.27. The molecule has 3 aromatic heterocycles. The number of nitrogens with one attached hydrogen (secondary N) is 1. The Labute approximate surface area is 173 Å². The average Bonchev–Trinajstić information content (AvgIpc) is 3.42. The topological polar surface area (TPSA) is 68.5 Å². The van der Waals surface area contributed by atoms with Gasteiger partial charge in [-0.2, -0.15) is 4.98 Å². The molecular weight excluding hydrogens is 380 g/mol. The molecular formula is C22H20N6S. The number of para-hydroxylation sites is 2. The minimum absolute atomic E-state index is 0. The van der Waals surface area contributed by atoms with Crippen molar-refractivity contribution < 1.29 is 1.43 Å². The lowest BCUT2D eigenvalue weighted by Gasteiger charge is -2.12. The molecule has 0 amide bonds. The number of hydrogen-bond acceptors (Lipinski definition) is 6. The molecule has 0 bridgehead atoms. The number of hydrogen-bond donors (Lipinski definition) is 1. The largest absolute Gasteiger partial charge is 0.346 e. The Morgan fingerprint density at radius 2 is 1.79 bits per heavy atom. The molecule has 5 aromatic rings. The molecule has 0 aliphatic heterocycles. The summed E-state index contributed by atoms with van der Waals surface area (Å²) >= 11 is 1.64. The van der Waals surface area contributed by atoms with Crippen LogP contribution in [-0.4, -0.2) is 24.5 Å². The summed E-state index contributed by atoms with van der Waals surface area (Å²) in [6, 6.07) is 20.1. The zero-order valence-electron chi connectivity index (χ0n) is 15.7. The molecule has 5 rings (SSSR count). The van der Waals surface area contributed by atoms with E-state index in [0.29, 0.717) is 5.95 Å². The van der Waals surface area contributed by atoms with Gasteiger partial charge in [0.05, 0.1) is 22.8 Å². The predicted octanol–water partition coefficient (Wildman–Crippen LogP) is 5.36. The van der Waals surface area contributed by atoms with Crippen LogP contribution in [0.15, 0.2) is 78.6 Å². The molecule has 0 fully saturated rings. The van der Waals surface area contributed by atoms with Crippen LogP contribution >= 0.6 is 11.3 Å². The lowest BCUT2D eigenvalue weighted by Crippen LogP contribution is -2.11. The van der Waals surface area contributed by atoms with E-state index < -0.39 is 0 Å². The second kappa shape index (κ2) is 7.44.